The smallest absolute Gasteiger partial charge is 0.143 e. The fourth-order valence-electron chi connectivity index (χ4n) is 6.99. The van der Waals surface area contributed by atoms with Crippen LogP contribution in [0.15, 0.2) is 162 Å². The fraction of sp³-hybridized carbons (Fsp3) is 0. The lowest BCUT2D eigenvalue weighted by molar-refractivity contribution is 0.670. The number of fused-ring (bicyclic) bond motifs is 6. The zero-order chi connectivity index (χ0) is 28.3. The van der Waals surface area contributed by atoms with Gasteiger partial charge in [0.2, 0.25) is 0 Å². The Hall–Kier alpha value is -5.66. The molecular formula is C42H26O. The fourth-order valence-corrected chi connectivity index (χ4v) is 6.99. The van der Waals surface area contributed by atoms with E-state index in [-0.39, 0.29) is 0 Å². The van der Waals surface area contributed by atoms with Crippen LogP contribution in [0.3, 0.4) is 0 Å². The highest BCUT2D eigenvalue weighted by Gasteiger charge is 2.20. The summed E-state index contributed by atoms with van der Waals surface area (Å²) < 4.78 is 6.63. The van der Waals surface area contributed by atoms with Crippen LogP contribution < -0.4 is 0 Å². The zero-order valence-electron chi connectivity index (χ0n) is 23.4. The molecule has 0 saturated carbocycles. The van der Waals surface area contributed by atoms with E-state index in [1.54, 1.807) is 0 Å². The summed E-state index contributed by atoms with van der Waals surface area (Å²) in [6.45, 7) is 0. The lowest BCUT2D eigenvalue weighted by atomic mass is 9.84. The normalized spacial score (nSPS) is 11.7. The van der Waals surface area contributed by atoms with E-state index in [1.165, 1.54) is 60.1 Å². The van der Waals surface area contributed by atoms with Crippen molar-refractivity contribution in [3.05, 3.63) is 158 Å². The summed E-state index contributed by atoms with van der Waals surface area (Å²) in [5.41, 5.74) is 9.07. The highest BCUT2D eigenvalue weighted by atomic mass is 16.3. The third-order valence-electron chi connectivity index (χ3n) is 8.84. The molecule has 0 amide bonds. The molecule has 0 aliphatic carbocycles. The highest BCUT2D eigenvalue weighted by Crippen LogP contribution is 2.47. The first-order valence-electron chi connectivity index (χ1n) is 14.8. The summed E-state index contributed by atoms with van der Waals surface area (Å²) in [5, 5.41) is 9.71. The van der Waals surface area contributed by atoms with Crippen molar-refractivity contribution in [3.8, 4) is 33.4 Å². The van der Waals surface area contributed by atoms with E-state index in [4.69, 9.17) is 4.42 Å². The Balaban J connectivity index is 1.46. The van der Waals surface area contributed by atoms with Gasteiger partial charge in [-0.3, -0.25) is 0 Å². The Bertz CT molecular complexity index is 2440. The second kappa shape index (κ2) is 9.44. The van der Waals surface area contributed by atoms with E-state index in [2.05, 4.69) is 152 Å². The van der Waals surface area contributed by atoms with Crippen LogP contribution in [0.4, 0.5) is 0 Å². The Morgan fingerprint density at radius 1 is 0.326 bits per heavy atom. The predicted octanol–water partition coefficient (Wildman–Crippen LogP) is 12.0. The number of hydrogen-bond donors (Lipinski definition) is 0. The molecule has 0 aliphatic rings. The monoisotopic (exact) mass is 546 g/mol. The molecule has 1 nitrogen and oxygen atoms in total. The van der Waals surface area contributed by atoms with E-state index in [0.29, 0.717) is 0 Å². The average Bonchev–Trinajstić information content (AvgIpc) is 3.45. The summed E-state index contributed by atoms with van der Waals surface area (Å²) in [5.74, 6) is 0. The average molecular weight is 547 g/mol. The molecule has 0 fully saturated rings. The van der Waals surface area contributed by atoms with Gasteiger partial charge in [0, 0.05) is 16.3 Å². The van der Waals surface area contributed by atoms with Gasteiger partial charge in [0.05, 0.1) is 0 Å². The first-order valence-corrected chi connectivity index (χ1v) is 14.8. The minimum absolute atomic E-state index is 0.908. The quantitative estimate of drug-likeness (QED) is 0.201. The van der Waals surface area contributed by atoms with Gasteiger partial charge in [0.25, 0.3) is 0 Å². The summed E-state index contributed by atoms with van der Waals surface area (Å²) >= 11 is 0. The van der Waals surface area contributed by atoms with Gasteiger partial charge in [-0.2, -0.15) is 0 Å². The number of furan rings is 1. The molecule has 1 heterocycles. The van der Waals surface area contributed by atoms with Crippen molar-refractivity contribution in [1.82, 2.24) is 0 Å². The predicted molar refractivity (Wildman–Crippen MR) is 183 cm³/mol. The van der Waals surface area contributed by atoms with Crippen LogP contribution in [0.1, 0.15) is 0 Å². The van der Waals surface area contributed by atoms with Crippen LogP contribution in [0.5, 0.6) is 0 Å². The molecule has 0 atom stereocenters. The Morgan fingerprint density at radius 3 is 1.56 bits per heavy atom. The maximum absolute atomic E-state index is 6.63. The van der Waals surface area contributed by atoms with Crippen molar-refractivity contribution in [2.75, 3.05) is 0 Å². The van der Waals surface area contributed by atoms with Crippen molar-refractivity contribution in [2.45, 2.75) is 0 Å². The molecule has 0 radical (unpaired) electrons. The lowest BCUT2D eigenvalue weighted by Crippen LogP contribution is -1.91. The number of hydrogen-bond acceptors (Lipinski definition) is 1. The summed E-state index contributed by atoms with van der Waals surface area (Å²) in [6, 6.07) is 56.7. The molecular weight excluding hydrogens is 520 g/mol. The van der Waals surface area contributed by atoms with E-state index in [9.17, 15) is 0 Å². The van der Waals surface area contributed by atoms with Gasteiger partial charge in [-0.1, -0.05) is 140 Å². The summed E-state index contributed by atoms with van der Waals surface area (Å²) in [7, 11) is 0. The maximum Gasteiger partial charge on any atom is 0.143 e. The number of para-hydroxylation sites is 1. The Morgan fingerprint density at radius 2 is 0.860 bits per heavy atom. The van der Waals surface area contributed by atoms with Crippen LogP contribution in [-0.2, 0) is 0 Å². The van der Waals surface area contributed by atoms with Crippen LogP contribution in [-0.4, -0.2) is 0 Å². The first kappa shape index (κ1) is 24.0. The highest BCUT2D eigenvalue weighted by molar-refractivity contribution is 6.23. The topological polar surface area (TPSA) is 13.1 Å². The minimum Gasteiger partial charge on any atom is -0.455 e. The van der Waals surface area contributed by atoms with Crippen molar-refractivity contribution >= 4 is 54.3 Å². The molecule has 0 N–H and O–H groups in total. The molecule has 200 valence electrons. The molecule has 0 spiro atoms. The molecule has 9 aromatic rings. The van der Waals surface area contributed by atoms with E-state index in [1.807, 2.05) is 6.07 Å². The second-order valence-electron chi connectivity index (χ2n) is 11.2. The number of rotatable bonds is 3. The van der Waals surface area contributed by atoms with E-state index in [0.717, 1.165) is 27.5 Å². The van der Waals surface area contributed by atoms with Gasteiger partial charge >= 0.3 is 0 Å². The van der Waals surface area contributed by atoms with Crippen LogP contribution in [0.25, 0.3) is 87.6 Å². The first-order chi connectivity index (χ1) is 21.3. The Labute approximate surface area is 249 Å². The van der Waals surface area contributed by atoms with Gasteiger partial charge in [0.15, 0.2) is 0 Å². The van der Waals surface area contributed by atoms with E-state index >= 15 is 0 Å². The van der Waals surface area contributed by atoms with Crippen molar-refractivity contribution in [3.63, 3.8) is 0 Å². The van der Waals surface area contributed by atoms with Crippen molar-refractivity contribution in [1.29, 1.82) is 0 Å². The summed E-state index contributed by atoms with van der Waals surface area (Å²) in [6.07, 6.45) is 0. The molecule has 0 aliphatic heterocycles. The largest absolute Gasteiger partial charge is 0.455 e. The van der Waals surface area contributed by atoms with Gasteiger partial charge < -0.3 is 4.42 Å². The molecule has 1 aromatic heterocycles. The minimum atomic E-state index is 0.908. The van der Waals surface area contributed by atoms with Crippen LogP contribution in [0.2, 0.25) is 0 Å². The Kier molecular flexibility index (Phi) is 5.27. The van der Waals surface area contributed by atoms with Gasteiger partial charge in [-0.25, -0.2) is 0 Å². The number of benzene rings is 8. The standard InChI is InChI=1S/C42H26O/c1-2-14-28(15-3-1)40-33-19-6-8-21-35(33)41(36-22-9-7-20-34(36)40)29-25-37(31-23-12-16-27-13-4-5-17-30(27)31)42-38(26-29)32-18-10-11-24-39(32)43-42/h1-26H. The molecule has 43 heavy (non-hydrogen) atoms. The van der Waals surface area contributed by atoms with Gasteiger partial charge in [0.1, 0.15) is 11.2 Å². The molecule has 9 rings (SSSR count). The third-order valence-corrected chi connectivity index (χ3v) is 8.84. The molecule has 8 aromatic carbocycles. The molecule has 0 bridgehead atoms. The molecule has 0 unspecified atom stereocenters. The maximum atomic E-state index is 6.63. The van der Waals surface area contributed by atoms with Gasteiger partial charge in [-0.05, 0) is 78.3 Å². The van der Waals surface area contributed by atoms with Crippen LogP contribution >= 0.6 is 0 Å². The van der Waals surface area contributed by atoms with Crippen molar-refractivity contribution in [2.24, 2.45) is 0 Å². The third kappa shape index (κ3) is 3.65. The molecule has 0 saturated heterocycles. The summed E-state index contributed by atoms with van der Waals surface area (Å²) in [4.78, 5) is 0. The van der Waals surface area contributed by atoms with Crippen molar-refractivity contribution < 1.29 is 4.42 Å². The molecule has 1 heteroatoms. The second-order valence-corrected chi connectivity index (χ2v) is 11.2. The lowest BCUT2D eigenvalue weighted by Gasteiger charge is -2.18. The van der Waals surface area contributed by atoms with Crippen LogP contribution in [0, 0.1) is 0 Å². The zero-order valence-corrected chi connectivity index (χ0v) is 23.4. The SMILES string of the molecule is c1ccc(-c2c3ccccc3c(-c3cc(-c4cccc5ccccc45)c4oc5ccccc5c4c3)c3ccccc23)cc1. The van der Waals surface area contributed by atoms with E-state index < -0.39 is 0 Å². The van der Waals surface area contributed by atoms with Gasteiger partial charge in [-0.15, -0.1) is 0 Å².